The minimum Gasteiger partial charge on any atom is -0.481 e. The van der Waals surface area contributed by atoms with Crippen LogP contribution in [0.15, 0.2) is 30.3 Å². The van der Waals surface area contributed by atoms with Crippen molar-refractivity contribution in [3.63, 3.8) is 0 Å². The minimum atomic E-state index is -1.03. The van der Waals surface area contributed by atoms with Gasteiger partial charge in [0.15, 0.2) is 0 Å². The van der Waals surface area contributed by atoms with Crippen LogP contribution in [0.2, 0.25) is 0 Å². The average molecular weight is 292 g/mol. The van der Waals surface area contributed by atoms with E-state index in [4.69, 9.17) is 9.84 Å². The minimum absolute atomic E-state index is 0.0992. The van der Waals surface area contributed by atoms with Crippen molar-refractivity contribution in [1.29, 1.82) is 0 Å². The second-order valence-electron chi connectivity index (χ2n) is 4.81. The van der Waals surface area contributed by atoms with E-state index in [0.717, 1.165) is 10.5 Å². The number of aliphatic carboxylic acids is 1. The van der Waals surface area contributed by atoms with E-state index < -0.39 is 24.1 Å². The predicted molar refractivity (Wildman–Crippen MR) is 72.4 cm³/mol. The number of hydrogen-bond acceptors (Lipinski definition) is 4. The van der Waals surface area contributed by atoms with Gasteiger partial charge in [0.25, 0.3) is 0 Å². The van der Waals surface area contributed by atoms with Crippen molar-refractivity contribution in [3.05, 3.63) is 35.9 Å². The van der Waals surface area contributed by atoms with Crippen molar-refractivity contribution in [1.82, 2.24) is 10.2 Å². The first-order chi connectivity index (χ1) is 9.99. The molecule has 1 fully saturated rings. The second-order valence-corrected chi connectivity index (χ2v) is 4.81. The lowest BCUT2D eigenvalue weighted by Gasteiger charge is -2.40. The summed E-state index contributed by atoms with van der Waals surface area (Å²) in [5.74, 6) is -1.41. The van der Waals surface area contributed by atoms with Crippen LogP contribution in [0.3, 0.4) is 0 Å². The highest BCUT2D eigenvalue weighted by Crippen LogP contribution is 2.17. The molecule has 0 bridgehead atoms. The number of nitrogens with one attached hydrogen (secondary N) is 1. The van der Waals surface area contributed by atoms with Gasteiger partial charge in [-0.1, -0.05) is 30.3 Å². The number of amides is 2. The van der Waals surface area contributed by atoms with E-state index in [-0.39, 0.29) is 18.9 Å². The van der Waals surface area contributed by atoms with E-state index in [9.17, 15) is 14.4 Å². The van der Waals surface area contributed by atoms with E-state index in [1.54, 1.807) is 0 Å². The quantitative estimate of drug-likeness (QED) is 0.775. The number of carbonyl (C=O) groups is 3. The summed E-state index contributed by atoms with van der Waals surface area (Å²) in [6.45, 7) is 0.0992. The summed E-state index contributed by atoms with van der Waals surface area (Å²) in [5, 5.41) is 11.2. The van der Waals surface area contributed by atoms with Crippen molar-refractivity contribution >= 4 is 18.0 Å². The Kier molecular flexibility index (Phi) is 4.42. The van der Waals surface area contributed by atoms with Gasteiger partial charge in [0, 0.05) is 7.05 Å². The molecule has 0 unspecified atom stereocenters. The Hall–Kier alpha value is -2.57. The van der Waals surface area contributed by atoms with Gasteiger partial charge < -0.3 is 15.2 Å². The van der Waals surface area contributed by atoms with Gasteiger partial charge >= 0.3 is 12.1 Å². The molecule has 112 valence electrons. The molecule has 1 aliphatic heterocycles. The molecule has 2 amide bonds. The van der Waals surface area contributed by atoms with Gasteiger partial charge in [0.05, 0.1) is 12.5 Å². The molecule has 1 saturated heterocycles. The normalized spacial score (nSPS) is 20.1. The molecule has 0 aliphatic carbocycles. The molecule has 21 heavy (non-hydrogen) atoms. The van der Waals surface area contributed by atoms with E-state index in [1.165, 1.54) is 7.05 Å². The molecule has 0 radical (unpaired) electrons. The van der Waals surface area contributed by atoms with Crippen molar-refractivity contribution < 1.29 is 24.2 Å². The Labute approximate surface area is 121 Å². The molecule has 1 aromatic carbocycles. The van der Waals surface area contributed by atoms with Gasteiger partial charge in [-0.25, -0.2) is 4.79 Å². The van der Waals surface area contributed by atoms with Crippen LogP contribution in [0, 0.1) is 0 Å². The fourth-order valence-corrected chi connectivity index (χ4v) is 2.16. The van der Waals surface area contributed by atoms with Crippen molar-refractivity contribution in [3.8, 4) is 0 Å². The van der Waals surface area contributed by atoms with Crippen molar-refractivity contribution in [2.45, 2.75) is 25.1 Å². The number of ether oxygens (including phenoxy) is 1. The van der Waals surface area contributed by atoms with Crippen LogP contribution in [0.1, 0.15) is 12.0 Å². The van der Waals surface area contributed by atoms with E-state index in [1.807, 2.05) is 30.3 Å². The fourth-order valence-electron chi connectivity index (χ4n) is 2.16. The van der Waals surface area contributed by atoms with Crippen LogP contribution in [-0.4, -0.2) is 47.1 Å². The highest BCUT2D eigenvalue weighted by molar-refractivity contribution is 5.93. The van der Waals surface area contributed by atoms with Crippen LogP contribution in [0.25, 0.3) is 0 Å². The van der Waals surface area contributed by atoms with Gasteiger partial charge in [-0.2, -0.15) is 0 Å². The van der Waals surface area contributed by atoms with Crippen LogP contribution < -0.4 is 5.32 Å². The third-order valence-electron chi connectivity index (χ3n) is 3.28. The Morgan fingerprint density at radius 1 is 1.33 bits per heavy atom. The second kappa shape index (κ2) is 6.25. The number of carboxylic acids is 1. The lowest BCUT2D eigenvalue weighted by Crippen LogP contribution is -2.69. The molecule has 0 aromatic heterocycles. The average Bonchev–Trinajstić information content (AvgIpc) is 2.44. The zero-order valence-corrected chi connectivity index (χ0v) is 11.5. The lowest BCUT2D eigenvalue weighted by molar-refractivity contribution is -0.143. The molecule has 1 heterocycles. The highest BCUT2D eigenvalue weighted by Gasteiger charge is 2.45. The molecule has 1 aliphatic rings. The molecule has 2 N–H and O–H groups in total. The number of rotatable bonds is 5. The summed E-state index contributed by atoms with van der Waals surface area (Å²) in [5.41, 5.74) is 0.833. The molecular weight excluding hydrogens is 276 g/mol. The first-order valence-electron chi connectivity index (χ1n) is 6.44. The van der Waals surface area contributed by atoms with Gasteiger partial charge in [0.2, 0.25) is 5.91 Å². The number of carbonyl (C=O) groups excluding carboxylic acids is 2. The summed E-state index contributed by atoms with van der Waals surface area (Å²) < 4.78 is 5.11. The van der Waals surface area contributed by atoms with E-state index in [2.05, 4.69) is 5.32 Å². The molecule has 1 aromatic rings. The molecule has 0 spiro atoms. The molecule has 2 atom stereocenters. The third-order valence-corrected chi connectivity index (χ3v) is 3.28. The van der Waals surface area contributed by atoms with Gasteiger partial charge in [-0.15, -0.1) is 0 Å². The summed E-state index contributed by atoms with van der Waals surface area (Å²) in [4.78, 5) is 35.2. The Bertz CT molecular complexity index is 546. The van der Waals surface area contributed by atoms with Crippen LogP contribution >= 0.6 is 0 Å². The standard InChI is InChI=1S/C14H16N2O5/c1-16(12-10(7-11(17)18)15-13(12)19)14(20)21-8-9-5-3-2-4-6-9/h2-6,10,12H,7-8H2,1H3,(H,15,19)(H,17,18)/t10-,12-/m1/s1. The molecule has 2 rings (SSSR count). The number of hydrogen-bond donors (Lipinski definition) is 2. The molecule has 7 nitrogen and oxygen atoms in total. The Morgan fingerprint density at radius 2 is 2.00 bits per heavy atom. The van der Waals surface area contributed by atoms with E-state index >= 15 is 0 Å². The maximum Gasteiger partial charge on any atom is 0.410 e. The zero-order chi connectivity index (χ0) is 15.4. The molecular formula is C14H16N2O5. The van der Waals surface area contributed by atoms with Crippen LogP contribution in [-0.2, 0) is 20.9 Å². The number of benzene rings is 1. The maximum atomic E-state index is 11.9. The van der Waals surface area contributed by atoms with Crippen LogP contribution in [0.4, 0.5) is 4.79 Å². The monoisotopic (exact) mass is 292 g/mol. The first kappa shape index (κ1) is 14.8. The summed E-state index contributed by atoms with van der Waals surface area (Å²) in [6, 6.07) is 7.76. The summed E-state index contributed by atoms with van der Waals surface area (Å²) >= 11 is 0. The number of carboxylic acid groups (broad SMARTS) is 1. The summed E-state index contributed by atoms with van der Waals surface area (Å²) in [7, 11) is 1.42. The highest BCUT2D eigenvalue weighted by atomic mass is 16.6. The Balaban J connectivity index is 1.89. The Morgan fingerprint density at radius 3 is 2.57 bits per heavy atom. The van der Waals surface area contributed by atoms with Gasteiger partial charge in [-0.05, 0) is 5.56 Å². The number of likely N-dealkylation sites (N-methyl/N-ethyl adjacent to an activating group) is 1. The zero-order valence-electron chi connectivity index (χ0n) is 11.5. The van der Waals surface area contributed by atoms with Gasteiger partial charge in [-0.3, -0.25) is 14.5 Å². The predicted octanol–water partition coefficient (Wildman–Crippen LogP) is 0.597. The van der Waals surface area contributed by atoms with E-state index in [0.29, 0.717) is 0 Å². The largest absolute Gasteiger partial charge is 0.481 e. The van der Waals surface area contributed by atoms with Crippen molar-refractivity contribution in [2.24, 2.45) is 0 Å². The fraction of sp³-hybridized carbons (Fsp3) is 0.357. The first-order valence-corrected chi connectivity index (χ1v) is 6.44. The third kappa shape index (κ3) is 3.50. The number of nitrogens with zero attached hydrogens (tertiary/aromatic N) is 1. The topological polar surface area (TPSA) is 95.9 Å². The maximum absolute atomic E-state index is 11.9. The van der Waals surface area contributed by atoms with Crippen LogP contribution in [0.5, 0.6) is 0 Å². The molecule has 0 saturated carbocycles. The smallest absolute Gasteiger partial charge is 0.410 e. The SMILES string of the molecule is CN(C(=O)OCc1ccccc1)[C@H]1C(=O)N[C@@H]1CC(=O)O. The lowest BCUT2D eigenvalue weighted by atomic mass is 9.95. The molecule has 7 heteroatoms. The van der Waals surface area contributed by atoms with Crippen molar-refractivity contribution in [2.75, 3.05) is 7.05 Å². The van der Waals surface area contributed by atoms with Gasteiger partial charge in [0.1, 0.15) is 12.6 Å². The number of β-lactam (4-membered cyclic amide) rings is 1. The summed E-state index contributed by atoms with van der Waals surface area (Å²) in [6.07, 6.45) is -0.888.